The van der Waals surface area contributed by atoms with Crippen LogP contribution in [-0.2, 0) is 6.42 Å². The van der Waals surface area contributed by atoms with E-state index in [1.807, 2.05) is 18.2 Å². The molecule has 0 aromatic heterocycles. The molecule has 2 N–H and O–H groups in total. The van der Waals surface area contributed by atoms with Crippen molar-refractivity contribution in [3.05, 3.63) is 63.9 Å². The Labute approximate surface area is 130 Å². The first-order valence-electron chi connectivity index (χ1n) is 6.56. The van der Waals surface area contributed by atoms with E-state index in [9.17, 15) is 9.18 Å². The second kappa shape index (κ2) is 7.33. The van der Waals surface area contributed by atoms with Gasteiger partial charge in [0.1, 0.15) is 5.82 Å². The summed E-state index contributed by atoms with van der Waals surface area (Å²) in [6, 6.07) is 11.4. The van der Waals surface area contributed by atoms with Gasteiger partial charge in [0, 0.05) is 22.3 Å². The number of nitrogens with one attached hydrogen (secondary N) is 1. The fourth-order valence-corrected chi connectivity index (χ4v) is 2.44. The molecule has 0 fully saturated rings. The summed E-state index contributed by atoms with van der Waals surface area (Å²) in [6.07, 6.45) is 1.42. The molecule has 0 atom stereocenters. The number of halogens is 2. The van der Waals surface area contributed by atoms with Gasteiger partial charge in [-0.15, -0.1) is 0 Å². The maximum atomic E-state index is 13.3. The molecule has 110 valence electrons. The first-order chi connectivity index (χ1) is 10.1. The van der Waals surface area contributed by atoms with Crippen molar-refractivity contribution in [3.63, 3.8) is 0 Å². The monoisotopic (exact) mass is 351 g/mol. The van der Waals surface area contributed by atoms with Gasteiger partial charge in [-0.05, 0) is 48.7 Å². The van der Waals surface area contributed by atoms with Crippen molar-refractivity contribution < 1.29 is 14.3 Å². The van der Waals surface area contributed by atoms with Crippen LogP contribution in [0, 0.1) is 5.82 Å². The zero-order chi connectivity index (χ0) is 15.2. The Hall–Kier alpha value is -1.72. The maximum absolute atomic E-state index is 13.3. The van der Waals surface area contributed by atoms with Crippen LogP contribution in [0.2, 0.25) is 0 Å². The lowest BCUT2D eigenvalue weighted by atomic mass is 10.1. The summed E-state index contributed by atoms with van der Waals surface area (Å²) in [5, 5.41) is 11.6. The van der Waals surface area contributed by atoms with E-state index < -0.39 is 5.82 Å². The standard InChI is InChI=1S/C16H15BrFNO2/c17-13-8-12(9-14(18)10-13)16(21)19-15-5-1-3-11(7-15)4-2-6-20/h1,3,5,7-10,20H,2,4,6H2,(H,19,21). The van der Waals surface area contributed by atoms with E-state index in [2.05, 4.69) is 21.2 Å². The molecule has 0 saturated heterocycles. The summed E-state index contributed by atoms with van der Waals surface area (Å²) in [5.41, 5.74) is 1.93. The summed E-state index contributed by atoms with van der Waals surface area (Å²) in [7, 11) is 0. The highest BCUT2D eigenvalue weighted by molar-refractivity contribution is 9.10. The van der Waals surface area contributed by atoms with Gasteiger partial charge in [-0.3, -0.25) is 4.79 Å². The van der Waals surface area contributed by atoms with Crippen LogP contribution >= 0.6 is 15.9 Å². The number of benzene rings is 2. The number of anilines is 1. The van der Waals surface area contributed by atoms with Gasteiger partial charge in [-0.2, -0.15) is 0 Å². The van der Waals surface area contributed by atoms with Crippen molar-refractivity contribution >= 4 is 27.5 Å². The molecule has 0 aliphatic carbocycles. The SMILES string of the molecule is O=C(Nc1cccc(CCCO)c1)c1cc(F)cc(Br)c1. The Kier molecular flexibility index (Phi) is 5.47. The van der Waals surface area contributed by atoms with Crippen molar-refractivity contribution in [1.82, 2.24) is 0 Å². The topological polar surface area (TPSA) is 49.3 Å². The molecule has 21 heavy (non-hydrogen) atoms. The van der Waals surface area contributed by atoms with Crippen LogP contribution in [0.3, 0.4) is 0 Å². The van der Waals surface area contributed by atoms with E-state index in [-0.39, 0.29) is 18.1 Å². The number of carbonyl (C=O) groups is 1. The number of rotatable bonds is 5. The Morgan fingerprint density at radius 1 is 1.24 bits per heavy atom. The normalized spacial score (nSPS) is 10.4. The van der Waals surface area contributed by atoms with Crippen molar-refractivity contribution in [2.45, 2.75) is 12.8 Å². The highest BCUT2D eigenvalue weighted by atomic mass is 79.9. The molecule has 3 nitrogen and oxygen atoms in total. The van der Waals surface area contributed by atoms with Gasteiger partial charge in [0.25, 0.3) is 5.91 Å². The molecule has 0 unspecified atom stereocenters. The van der Waals surface area contributed by atoms with Gasteiger partial charge in [0.05, 0.1) is 0 Å². The van der Waals surface area contributed by atoms with Crippen molar-refractivity contribution in [1.29, 1.82) is 0 Å². The minimum absolute atomic E-state index is 0.133. The minimum atomic E-state index is -0.466. The summed E-state index contributed by atoms with van der Waals surface area (Å²) < 4.78 is 13.8. The van der Waals surface area contributed by atoms with Gasteiger partial charge in [-0.1, -0.05) is 28.1 Å². The van der Waals surface area contributed by atoms with Gasteiger partial charge in [0.2, 0.25) is 0 Å². The van der Waals surface area contributed by atoms with Crippen LogP contribution in [0.5, 0.6) is 0 Å². The van der Waals surface area contributed by atoms with E-state index >= 15 is 0 Å². The average Bonchev–Trinajstić information content (AvgIpc) is 2.44. The highest BCUT2D eigenvalue weighted by Gasteiger charge is 2.09. The predicted molar refractivity (Wildman–Crippen MR) is 83.9 cm³/mol. The third-order valence-electron chi connectivity index (χ3n) is 2.93. The van der Waals surface area contributed by atoms with Crippen LogP contribution in [-0.4, -0.2) is 17.6 Å². The van der Waals surface area contributed by atoms with Crippen LogP contribution in [0.15, 0.2) is 46.9 Å². The number of aryl methyl sites for hydroxylation is 1. The number of carbonyl (C=O) groups excluding carboxylic acids is 1. The molecule has 0 radical (unpaired) electrons. The first kappa shape index (κ1) is 15.7. The van der Waals surface area contributed by atoms with Crippen LogP contribution in [0.1, 0.15) is 22.3 Å². The van der Waals surface area contributed by atoms with E-state index in [1.54, 1.807) is 12.1 Å². The van der Waals surface area contributed by atoms with E-state index in [0.717, 1.165) is 12.0 Å². The summed E-state index contributed by atoms with van der Waals surface area (Å²) in [6.45, 7) is 0.133. The van der Waals surface area contributed by atoms with Gasteiger partial charge >= 0.3 is 0 Å². The predicted octanol–water partition coefficient (Wildman–Crippen LogP) is 3.77. The zero-order valence-corrected chi connectivity index (χ0v) is 12.9. The van der Waals surface area contributed by atoms with Gasteiger partial charge in [0.15, 0.2) is 0 Å². The molecule has 2 rings (SSSR count). The number of amides is 1. The second-order valence-corrected chi connectivity index (χ2v) is 5.56. The molecule has 0 saturated carbocycles. The smallest absolute Gasteiger partial charge is 0.255 e. The summed E-state index contributed by atoms with van der Waals surface area (Å²) >= 11 is 3.16. The average molecular weight is 352 g/mol. The highest BCUT2D eigenvalue weighted by Crippen LogP contribution is 2.17. The molecule has 2 aromatic carbocycles. The molecular weight excluding hydrogens is 337 g/mol. The van der Waals surface area contributed by atoms with Crippen molar-refractivity contribution in [2.75, 3.05) is 11.9 Å². The van der Waals surface area contributed by atoms with Crippen molar-refractivity contribution in [3.8, 4) is 0 Å². The van der Waals surface area contributed by atoms with E-state index in [4.69, 9.17) is 5.11 Å². The second-order valence-electron chi connectivity index (χ2n) is 4.64. The Morgan fingerprint density at radius 3 is 2.76 bits per heavy atom. The molecule has 0 aliphatic heterocycles. The summed E-state index contributed by atoms with van der Waals surface area (Å²) in [5.74, 6) is -0.833. The maximum Gasteiger partial charge on any atom is 0.255 e. The van der Waals surface area contributed by atoms with Crippen molar-refractivity contribution in [2.24, 2.45) is 0 Å². The molecule has 0 heterocycles. The quantitative estimate of drug-likeness (QED) is 0.861. The lowest BCUT2D eigenvalue weighted by Crippen LogP contribution is -2.12. The molecule has 0 bridgehead atoms. The number of hydrogen-bond acceptors (Lipinski definition) is 2. The Morgan fingerprint density at radius 2 is 2.05 bits per heavy atom. The van der Waals surface area contributed by atoms with Gasteiger partial charge < -0.3 is 10.4 Å². The third kappa shape index (κ3) is 4.65. The fraction of sp³-hybridized carbons (Fsp3) is 0.188. The lowest BCUT2D eigenvalue weighted by molar-refractivity contribution is 0.102. The fourth-order valence-electron chi connectivity index (χ4n) is 1.98. The van der Waals surface area contributed by atoms with E-state index in [1.165, 1.54) is 12.1 Å². The van der Waals surface area contributed by atoms with E-state index in [0.29, 0.717) is 16.6 Å². The zero-order valence-electron chi connectivity index (χ0n) is 11.3. The van der Waals surface area contributed by atoms with Gasteiger partial charge in [-0.25, -0.2) is 4.39 Å². The largest absolute Gasteiger partial charge is 0.396 e. The minimum Gasteiger partial charge on any atom is -0.396 e. The molecule has 5 heteroatoms. The third-order valence-corrected chi connectivity index (χ3v) is 3.39. The number of aliphatic hydroxyl groups excluding tert-OH is 1. The molecular formula is C16H15BrFNO2. The molecule has 0 spiro atoms. The van der Waals surface area contributed by atoms with Crippen LogP contribution in [0.4, 0.5) is 10.1 Å². The van der Waals surface area contributed by atoms with Crippen LogP contribution < -0.4 is 5.32 Å². The lowest BCUT2D eigenvalue weighted by Gasteiger charge is -2.08. The number of hydrogen-bond donors (Lipinski definition) is 2. The Balaban J connectivity index is 2.11. The summed E-state index contributed by atoms with van der Waals surface area (Å²) in [4.78, 5) is 12.1. The Bertz CT molecular complexity index is 626. The molecule has 1 amide bonds. The number of aliphatic hydroxyl groups is 1. The first-order valence-corrected chi connectivity index (χ1v) is 7.35. The van der Waals surface area contributed by atoms with Crippen LogP contribution in [0.25, 0.3) is 0 Å². The molecule has 2 aromatic rings. The molecule has 0 aliphatic rings.